The Labute approximate surface area is 114 Å². The maximum Gasteiger partial charge on any atom is 0.257 e. The Kier molecular flexibility index (Phi) is 4.12. The van der Waals surface area contributed by atoms with Gasteiger partial charge in [-0.1, -0.05) is 23.2 Å². The van der Waals surface area contributed by atoms with Crippen molar-refractivity contribution in [3.8, 4) is 0 Å². The average Bonchev–Trinajstić information content (AvgIpc) is 2.32. The molecule has 0 saturated carbocycles. The van der Waals surface area contributed by atoms with Crippen LogP contribution in [0.3, 0.4) is 0 Å². The van der Waals surface area contributed by atoms with Crippen LogP contribution < -0.4 is 0 Å². The van der Waals surface area contributed by atoms with Crippen molar-refractivity contribution in [3.63, 3.8) is 0 Å². The molecule has 0 spiro atoms. The van der Waals surface area contributed by atoms with Crippen molar-refractivity contribution >= 4 is 40.9 Å². The molecule has 1 fully saturated rings. The number of thioether (sulfide) groups is 1. The van der Waals surface area contributed by atoms with Gasteiger partial charge >= 0.3 is 0 Å². The molecule has 1 amide bonds. The van der Waals surface area contributed by atoms with E-state index in [1.165, 1.54) is 6.07 Å². The normalized spacial score (nSPS) is 20.4. The monoisotopic (exact) mass is 291 g/mol. The molecule has 0 bridgehead atoms. The highest BCUT2D eigenvalue weighted by atomic mass is 35.5. The molecule has 0 radical (unpaired) electrons. The van der Waals surface area contributed by atoms with Crippen molar-refractivity contribution in [1.82, 2.24) is 15.1 Å². The van der Waals surface area contributed by atoms with Gasteiger partial charge in [-0.25, -0.2) is 0 Å². The van der Waals surface area contributed by atoms with E-state index in [4.69, 9.17) is 23.2 Å². The summed E-state index contributed by atoms with van der Waals surface area (Å²) in [6.07, 6.45) is 0. The smallest absolute Gasteiger partial charge is 0.257 e. The van der Waals surface area contributed by atoms with Gasteiger partial charge in [-0.15, -0.1) is 10.2 Å². The molecule has 1 saturated heterocycles. The van der Waals surface area contributed by atoms with Crippen molar-refractivity contribution in [3.05, 3.63) is 21.9 Å². The fourth-order valence-electron chi connectivity index (χ4n) is 1.69. The molecule has 1 aromatic heterocycles. The summed E-state index contributed by atoms with van der Waals surface area (Å²) in [5, 5.41) is 7.52. The second-order valence-corrected chi connectivity index (χ2v) is 5.69. The van der Waals surface area contributed by atoms with Crippen LogP contribution >= 0.6 is 35.0 Å². The molecule has 1 aliphatic rings. The third-order valence-electron chi connectivity index (χ3n) is 2.58. The molecule has 4 nitrogen and oxygen atoms in total. The molecular formula is C10H11Cl2N3OS. The molecule has 7 heteroatoms. The van der Waals surface area contributed by atoms with Gasteiger partial charge in [0, 0.05) is 24.1 Å². The van der Waals surface area contributed by atoms with Crippen molar-refractivity contribution in [2.45, 2.75) is 13.0 Å². The number of hydrogen-bond acceptors (Lipinski definition) is 4. The number of carbonyl (C=O) groups is 1. The highest BCUT2D eigenvalue weighted by Gasteiger charge is 2.26. The third-order valence-corrected chi connectivity index (χ3v) is 4.23. The predicted molar refractivity (Wildman–Crippen MR) is 69.9 cm³/mol. The maximum atomic E-state index is 12.3. The quantitative estimate of drug-likeness (QED) is 0.797. The van der Waals surface area contributed by atoms with E-state index in [0.29, 0.717) is 5.56 Å². The van der Waals surface area contributed by atoms with Gasteiger partial charge in [-0.3, -0.25) is 4.79 Å². The lowest BCUT2D eigenvalue weighted by atomic mass is 10.2. The second kappa shape index (κ2) is 5.42. The zero-order valence-corrected chi connectivity index (χ0v) is 11.5. The number of rotatable bonds is 1. The topological polar surface area (TPSA) is 46.1 Å². The van der Waals surface area contributed by atoms with Gasteiger partial charge in [0.25, 0.3) is 5.91 Å². The lowest BCUT2D eigenvalue weighted by molar-refractivity contribution is 0.0715. The van der Waals surface area contributed by atoms with Crippen LogP contribution in [0.1, 0.15) is 17.3 Å². The zero-order chi connectivity index (χ0) is 12.4. The second-order valence-electron chi connectivity index (χ2n) is 3.79. The Morgan fingerprint density at radius 3 is 3.00 bits per heavy atom. The van der Waals surface area contributed by atoms with Gasteiger partial charge in [0.05, 0.1) is 5.56 Å². The van der Waals surface area contributed by atoms with Crippen molar-refractivity contribution in [1.29, 1.82) is 0 Å². The molecule has 17 heavy (non-hydrogen) atoms. The minimum atomic E-state index is -0.125. The molecule has 2 rings (SSSR count). The SMILES string of the molecule is CC1CSCCN1C(=O)c1cc(Cl)nnc1Cl. The summed E-state index contributed by atoms with van der Waals surface area (Å²) in [5.74, 6) is 1.76. The highest BCUT2D eigenvalue weighted by molar-refractivity contribution is 7.99. The van der Waals surface area contributed by atoms with Crippen molar-refractivity contribution in [2.24, 2.45) is 0 Å². The Morgan fingerprint density at radius 1 is 1.53 bits per heavy atom. The van der Waals surface area contributed by atoms with E-state index in [9.17, 15) is 4.79 Å². The first-order valence-corrected chi connectivity index (χ1v) is 7.08. The van der Waals surface area contributed by atoms with Crippen LogP contribution in [-0.2, 0) is 0 Å². The summed E-state index contributed by atoms with van der Waals surface area (Å²) in [5.41, 5.74) is 0.324. The van der Waals surface area contributed by atoms with Gasteiger partial charge < -0.3 is 4.90 Å². The van der Waals surface area contributed by atoms with Crippen LogP contribution in [0.15, 0.2) is 6.07 Å². The summed E-state index contributed by atoms with van der Waals surface area (Å²) < 4.78 is 0. The number of amides is 1. The Morgan fingerprint density at radius 2 is 2.29 bits per heavy atom. The van der Waals surface area contributed by atoms with Crippen LogP contribution in [-0.4, -0.2) is 45.1 Å². The molecule has 0 N–H and O–H groups in total. The molecule has 1 aliphatic heterocycles. The summed E-state index contributed by atoms with van der Waals surface area (Å²) in [6.45, 7) is 2.75. The van der Waals surface area contributed by atoms with E-state index in [-0.39, 0.29) is 22.3 Å². The number of hydrogen-bond donors (Lipinski definition) is 0. The lowest BCUT2D eigenvalue weighted by Gasteiger charge is -2.33. The third kappa shape index (κ3) is 2.84. The Bertz CT molecular complexity index is 444. The van der Waals surface area contributed by atoms with Crippen molar-refractivity contribution in [2.75, 3.05) is 18.1 Å². The minimum absolute atomic E-state index is 0.102. The van der Waals surface area contributed by atoms with Crippen LogP contribution in [0.4, 0.5) is 0 Å². The fourth-order valence-corrected chi connectivity index (χ4v) is 3.02. The van der Waals surface area contributed by atoms with E-state index in [2.05, 4.69) is 10.2 Å². The van der Waals surface area contributed by atoms with Gasteiger partial charge in [0.2, 0.25) is 0 Å². The van der Waals surface area contributed by atoms with Gasteiger partial charge in [-0.05, 0) is 13.0 Å². The van der Waals surface area contributed by atoms with Crippen LogP contribution in [0.25, 0.3) is 0 Å². The first-order chi connectivity index (χ1) is 8.09. The van der Waals surface area contributed by atoms with Gasteiger partial charge in [0.15, 0.2) is 10.3 Å². The van der Waals surface area contributed by atoms with Crippen LogP contribution in [0.5, 0.6) is 0 Å². The number of carbonyl (C=O) groups excluding carboxylic acids is 1. The number of nitrogens with zero attached hydrogens (tertiary/aromatic N) is 3. The van der Waals surface area contributed by atoms with E-state index in [0.717, 1.165) is 18.1 Å². The Balaban J connectivity index is 2.26. The molecule has 92 valence electrons. The van der Waals surface area contributed by atoms with Crippen LogP contribution in [0.2, 0.25) is 10.3 Å². The highest BCUT2D eigenvalue weighted by Crippen LogP contribution is 2.22. The minimum Gasteiger partial charge on any atom is -0.334 e. The summed E-state index contributed by atoms with van der Waals surface area (Å²) in [4.78, 5) is 14.1. The standard InChI is InChI=1S/C10H11Cl2N3OS/c1-6-5-17-3-2-15(6)10(16)7-4-8(11)13-14-9(7)12/h4,6H,2-3,5H2,1H3. The number of aromatic nitrogens is 2. The molecule has 1 unspecified atom stereocenters. The molecule has 2 heterocycles. The van der Waals surface area contributed by atoms with E-state index in [1.54, 1.807) is 4.90 Å². The fraction of sp³-hybridized carbons (Fsp3) is 0.500. The largest absolute Gasteiger partial charge is 0.334 e. The van der Waals surface area contributed by atoms with Crippen molar-refractivity contribution < 1.29 is 4.79 Å². The summed E-state index contributed by atoms with van der Waals surface area (Å²) >= 11 is 13.4. The van der Waals surface area contributed by atoms with Gasteiger partial charge in [-0.2, -0.15) is 11.8 Å². The summed E-state index contributed by atoms with van der Waals surface area (Å²) in [6, 6.07) is 1.66. The number of halogens is 2. The first kappa shape index (κ1) is 12.9. The Hall–Kier alpha value is -0.520. The molecule has 0 aromatic carbocycles. The predicted octanol–water partition coefficient (Wildman–Crippen LogP) is 2.36. The van der Waals surface area contributed by atoms with E-state index < -0.39 is 0 Å². The zero-order valence-electron chi connectivity index (χ0n) is 9.19. The maximum absolute atomic E-state index is 12.3. The van der Waals surface area contributed by atoms with Crippen LogP contribution in [0, 0.1) is 0 Å². The van der Waals surface area contributed by atoms with E-state index >= 15 is 0 Å². The molecule has 0 aliphatic carbocycles. The molecule has 1 atom stereocenters. The van der Waals surface area contributed by atoms with E-state index in [1.807, 2.05) is 18.7 Å². The molecular weight excluding hydrogens is 281 g/mol. The summed E-state index contributed by atoms with van der Waals surface area (Å²) in [7, 11) is 0. The first-order valence-electron chi connectivity index (χ1n) is 5.17. The average molecular weight is 292 g/mol. The molecule has 1 aromatic rings. The van der Waals surface area contributed by atoms with Gasteiger partial charge in [0.1, 0.15) is 0 Å². The lowest BCUT2D eigenvalue weighted by Crippen LogP contribution is -2.44.